The van der Waals surface area contributed by atoms with Crippen molar-refractivity contribution >= 4 is 23.5 Å². The van der Waals surface area contributed by atoms with Crippen LogP contribution in [-0.4, -0.2) is 78.7 Å². The van der Waals surface area contributed by atoms with Crippen LogP contribution in [0, 0.1) is 0 Å². The molecule has 0 aromatic heterocycles. The molecule has 2 aromatic rings. The molecule has 0 saturated carbocycles. The van der Waals surface area contributed by atoms with Crippen molar-refractivity contribution in [1.82, 2.24) is 15.5 Å². The van der Waals surface area contributed by atoms with Gasteiger partial charge in [0, 0.05) is 37.4 Å². The normalized spacial score (nSPS) is 17.1. The largest absolute Gasteiger partial charge is 0.573 e. The van der Waals surface area contributed by atoms with Gasteiger partial charge >= 0.3 is 18.5 Å². The standard InChI is InChI=1S/C23H25F3N4O3.C2HF3O2/c24-23(25,26)33-19-8-6-17(7-9-19)20(31)27-12-15-29-13-10-22(11-14-29)21(32)28-16-30(22)18-4-2-1-3-5-18;3-2(4,5)1(6)7/h1-9H,10-16H2,(H,27,31)(H,28,32);(H,6,7). The third kappa shape index (κ3) is 8.00. The molecule has 2 saturated heterocycles. The predicted molar refractivity (Wildman–Crippen MR) is 129 cm³/mol. The van der Waals surface area contributed by atoms with Crippen LogP contribution in [0.1, 0.15) is 23.2 Å². The molecule has 2 fully saturated rings. The Morgan fingerprint density at radius 2 is 1.55 bits per heavy atom. The maximum Gasteiger partial charge on any atom is 0.573 e. The Labute approximate surface area is 224 Å². The van der Waals surface area contributed by atoms with Gasteiger partial charge in [-0.25, -0.2) is 4.79 Å². The number of carboxylic acids is 1. The molecule has 9 nitrogen and oxygen atoms in total. The van der Waals surface area contributed by atoms with Crippen molar-refractivity contribution in [2.24, 2.45) is 0 Å². The molecule has 2 aromatic carbocycles. The number of nitrogens with zero attached hydrogens (tertiary/aromatic N) is 2. The number of nitrogens with one attached hydrogen (secondary N) is 2. The van der Waals surface area contributed by atoms with Crippen LogP contribution in [0.3, 0.4) is 0 Å². The van der Waals surface area contributed by atoms with Gasteiger partial charge in [-0.05, 0) is 49.2 Å². The fraction of sp³-hybridized carbons (Fsp3) is 0.400. The molecule has 0 radical (unpaired) electrons. The molecule has 0 aliphatic carbocycles. The number of rotatable bonds is 6. The molecule has 4 rings (SSSR count). The van der Waals surface area contributed by atoms with Crippen molar-refractivity contribution in [3.8, 4) is 5.75 Å². The zero-order chi connectivity index (χ0) is 29.6. The van der Waals surface area contributed by atoms with Crippen LogP contribution >= 0.6 is 0 Å². The zero-order valence-electron chi connectivity index (χ0n) is 20.9. The molecular weight excluding hydrogens is 550 g/mol. The summed E-state index contributed by atoms with van der Waals surface area (Å²) >= 11 is 0. The first-order valence-corrected chi connectivity index (χ1v) is 12.0. The van der Waals surface area contributed by atoms with E-state index >= 15 is 0 Å². The van der Waals surface area contributed by atoms with Gasteiger partial charge in [-0.3, -0.25) is 9.59 Å². The van der Waals surface area contributed by atoms with E-state index in [0.29, 0.717) is 32.6 Å². The number of amides is 2. The summed E-state index contributed by atoms with van der Waals surface area (Å²) in [6, 6.07) is 14.7. The van der Waals surface area contributed by atoms with Gasteiger partial charge in [-0.2, -0.15) is 13.2 Å². The van der Waals surface area contributed by atoms with E-state index in [1.807, 2.05) is 30.3 Å². The Kier molecular flexibility index (Phi) is 9.50. The highest BCUT2D eigenvalue weighted by atomic mass is 19.4. The van der Waals surface area contributed by atoms with Crippen molar-refractivity contribution in [2.75, 3.05) is 37.7 Å². The Morgan fingerprint density at radius 3 is 2.08 bits per heavy atom. The van der Waals surface area contributed by atoms with Crippen LogP contribution in [0.5, 0.6) is 5.75 Å². The van der Waals surface area contributed by atoms with E-state index in [0.717, 1.165) is 30.9 Å². The summed E-state index contributed by atoms with van der Waals surface area (Å²) in [4.78, 5) is 38.2. The van der Waals surface area contributed by atoms with E-state index in [9.17, 15) is 35.9 Å². The lowest BCUT2D eigenvalue weighted by atomic mass is 9.85. The number of hydrogen-bond donors (Lipinski definition) is 3. The quantitative estimate of drug-likeness (QED) is 0.453. The minimum absolute atomic E-state index is 0.0530. The molecule has 0 unspecified atom stereocenters. The van der Waals surface area contributed by atoms with Gasteiger partial charge < -0.3 is 30.3 Å². The Balaban J connectivity index is 0.000000559. The summed E-state index contributed by atoms with van der Waals surface area (Å²) in [7, 11) is 0. The van der Waals surface area contributed by atoms with Gasteiger partial charge in [0.15, 0.2) is 0 Å². The topological polar surface area (TPSA) is 111 Å². The van der Waals surface area contributed by atoms with Gasteiger partial charge in [0.2, 0.25) is 5.91 Å². The number of piperidine rings is 1. The van der Waals surface area contributed by atoms with Crippen molar-refractivity contribution in [2.45, 2.75) is 30.9 Å². The molecule has 2 amide bonds. The average molecular weight is 576 g/mol. The lowest BCUT2D eigenvalue weighted by Crippen LogP contribution is -2.57. The summed E-state index contributed by atoms with van der Waals surface area (Å²) in [6.45, 7) is 2.93. The van der Waals surface area contributed by atoms with Crippen molar-refractivity contribution in [3.63, 3.8) is 0 Å². The van der Waals surface area contributed by atoms with E-state index in [2.05, 4.69) is 25.2 Å². The summed E-state index contributed by atoms with van der Waals surface area (Å²) in [5, 5.41) is 12.9. The molecule has 0 atom stereocenters. The number of halogens is 6. The summed E-state index contributed by atoms with van der Waals surface area (Å²) in [5.41, 5.74) is 0.716. The molecule has 40 heavy (non-hydrogen) atoms. The Bertz CT molecular complexity index is 1170. The molecule has 1 spiro atoms. The Hall–Kier alpha value is -4.01. The number of carbonyl (C=O) groups is 3. The van der Waals surface area contributed by atoms with Crippen molar-refractivity contribution in [1.29, 1.82) is 0 Å². The second-order valence-corrected chi connectivity index (χ2v) is 8.93. The van der Waals surface area contributed by atoms with Gasteiger partial charge in [0.25, 0.3) is 5.91 Å². The van der Waals surface area contributed by atoms with Gasteiger partial charge in [-0.1, -0.05) is 18.2 Å². The van der Waals surface area contributed by atoms with Crippen molar-refractivity contribution in [3.05, 3.63) is 60.2 Å². The van der Waals surface area contributed by atoms with Gasteiger partial charge in [0.05, 0.1) is 6.67 Å². The summed E-state index contributed by atoms with van der Waals surface area (Å²) in [5.74, 6) is -3.45. The number of ether oxygens (including phenoxy) is 1. The third-order valence-electron chi connectivity index (χ3n) is 6.39. The van der Waals surface area contributed by atoms with Crippen LogP contribution in [0.25, 0.3) is 0 Å². The fourth-order valence-electron chi connectivity index (χ4n) is 4.42. The molecule has 218 valence electrons. The minimum Gasteiger partial charge on any atom is -0.475 e. The number of para-hydroxylation sites is 1. The molecular formula is C25H26F6N4O5. The molecule has 2 aliphatic heterocycles. The number of carbonyl (C=O) groups excluding carboxylic acids is 2. The maximum atomic E-state index is 12.7. The van der Waals surface area contributed by atoms with Crippen molar-refractivity contribution < 1.29 is 50.6 Å². The third-order valence-corrected chi connectivity index (χ3v) is 6.39. The number of benzene rings is 2. The van der Waals surface area contributed by atoms with Crippen LogP contribution in [-0.2, 0) is 9.59 Å². The average Bonchev–Trinajstić information content (AvgIpc) is 3.20. The molecule has 3 N–H and O–H groups in total. The number of anilines is 1. The lowest BCUT2D eigenvalue weighted by Gasteiger charge is -2.43. The van der Waals surface area contributed by atoms with E-state index in [4.69, 9.17) is 9.90 Å². The monoisotopic (exact) mass is 576 g/mol. The first-order chi connectivity index (χ1) is 18.7. The predicted octanol–water partition coefficient (Wildman–Crippen LogP) is 3.38. The molecule has 0 bridgehead atoms. The molecule has 2 heterocycles. The number of hydrogen-bond acceptors (Lipinski definition) is 6. The minimum atomic E-state index is -5.08. The number of carboxylic acid groups (broad SMARTS) is 1. The van der Waals surface area contributed by atoms with E-state index < -0.39 is 24.0 Å². The first-order valence-electron chi connectivity index (χ1n) is 12.0. The van der Waals surface area contributed by atoms with Crippen LogP contribution in [0.2, 0.25) is 0 Å². The summed E-state index contributed by atoms with van der Waals surface area (Å²) < 4.78 is 72.3. The van der Waals surface area contributed by atoms with Gasteiger partial charge in [-0.15, -0.1) is 13.2 Å². The zero-order valence-corrected chi connectivity index (χ0v) is 20.9. The van der Waals surface area contributed by atoms with Crippen LogP contribution in [0.15, 0.2) is 54.6 Å². The summed E-state index contributed by atoms with van der Waals surface area (Å²) in [6.07, 6.45) is -8.49. The highest BCUT2D eigenvalue weighted by molar-refractivity contribution is 5.94. The molecule has 15 heteroatoms. The highest BCUT2D eigenvalue weighted by Gasteiger charge is 2.50. The lowest BCUT2D eigenvalue weighted by molar-refractivity contribution is -0.274. The smallest absolute Gasteiger partial charge is 0.475 e. The second kappa shape index (κ2) is 12.4. The van der Waals surface area contributed by atoms with E-state index in [1.165, 1.54) is 12.1 Å². The number of aliphatic carboxylic acids is 1. The SMILES string of the molecule is O=C(NCCN1CCC2(CC1)C(=O)NCN2c1ccccc1)c1ccc(OC(F)(F)F)cc1.O=C(O)C(F)(F)F. The van der Waals surface area contributed by atoms with E-state index in [-0.39, 0.29) is 23.1 Å². The fourth-order valence-corrected chi connectivity index (χ4v) is 4.42. The first kappa shape index (κ1) is 30.5. The van der Waals surface area contributed by atoms with Gasteiger partial charge in [0.1, 0.15) is 11.3 Å². The van der Waals surface area contributed by atoms with Crippen LogP contribution in [0.4, 0.5) is 32.0 Å². The van der Waals surface area contributed by atoms with Crippen LogP contribution < -0.4 is 20.3 Å². The molecule has 2 aliphatic rings. The highest BCUT2D eigenvalue weighted by Crippen LogP contribution is 2.36. The number of likely N-dealkylation sites (tertiary alicyclic amines) is 1. The Morgan fingerprint density at radius 1 is 0.975 bits per heavy atom. The van der Waals surface area contributed by atoms with E-state index in [1.54, 1.807) is 0 Å². The maximum absolute atomic E-state index is 12.7. The second-order valence-electron chi connectivity index (χ2n) is 8.93. The number of alkyl halides is 6.